The maximum Gasteiger partial charge on any atom is 0 e. The van der Waals surface area contributed by atoms with Gasteiger partial charge in [-0.25, -0.2) is 0 Å². The fraction of sp³-hybridized carbons (Fsp3) is 0. The van der Waals surface area contributed by atoms with E-state index in [0.717, 1.165) is 0 Å². The molecule has 5 heavy (non-hydrogen) atoms. The molecule has 0 nitrogen and oxygen atoms in total. The van der Waals surface area contributed by atoms with Crippen LogP contribution in [0.3, 0.4) is 0 Å². The summed E-state index contributed by atoms with van der Waals surface area (Å²) in [5, 5.41) is 0. The Hall–Kier alpha value is 2.66. The zero-order chi connectivity index (χ0) is 0. The van der Waals surface area contributed by atoms with E-state index in [-0.39, 0.29) is 86.9 Å². The van der Waals surface area contributed by atoms with E-state index in [1.165, 1.54) is 0 Å². The molecule has 5 heteroatoms. The van der Waals surface area contributed by atoms with Crippen LogP contribution in [-0.4, -0.2) is 53.6 Å². The van der Waals surface area contributed by atoms with E-state index in [2.05, 4.69) is 0 Å². The van der Waals surface area contributed by atoms with Crippen molar-refractivity contribution in [3.8, 4) is 0 Å². The molecular weight excluding hydrogens is 179 g/mol. The SMILES string of the molecule is [Al].[Al].[Co].[Li].[Ni]. The molecule has 0 aliphatic heterocycles. The zero-order valence-electron chi connectivity index (χ0n) is 2.80. The number of hydrogen-bond acceptors (Lipinski definition) is 0. The quantitative estimate of drug-likeness (QED) is 0.411. The van der Waals surface area contributed by atoms with E-state index in [4.69, 9.17) is 0 Å². The Morgan fingerprint density at radius 1 is 0.800 bits per heavy atom. The Bertz CT molecular complexity index is 9.61. The van der Waals surface area contributed by atoms with Crippen LogP contribution in [-0.2, 0) is 33.3 Å². The van der Waals surface area contributed by atoms with Gasteiger partial charge in [-0.1, -0.05) is 0 Å². The molecule has 0 saturated heterocycles. The van der Waals surface area contributed by atoms with Gasteiger partial charge in [0.05, 0.1) is 0 Å². The molecule has 0 aromatic heterocycles. The van der Waals surface area contributed by atoms with E-state index in [1.54, 1.807) is 0 Å². The van der Waals surface area contributed by atoms with Gasteiger partial charge in [0, 0.05) is 86.9 Å². The van der Waals surface area contributed by atoms with Gasteiger partial charge in [0.25, 0.3) is 0 Å². The summed E-state index contributed by atoms with van der Waals surface area (Å²) in [4.78, 5) is 0. The summed E-state index contributed by atoms with van der Waals surface area (Å²) < 4.78 is 0. The van der Waals surface area contributed by atoms with Crippen LogP contribution in [0, 0.1) is 0 Å². The first-order valence-electron chi connectivity index (χ1n) is 0. The molecule has 0 aromatic rings. The van der Waals surface area contributed by atoms with Gasteiger partial charge >= 0.3 is 0 Å². The maximum absolute atomic E-state index is 0. The van der Waals surface area contributed by atoms with Crippen molar-refractivity contribution in [3.63, 3.8) is 0 Å². The minimum atomic E-state index is 0. The summed E-state index contributed by atoms with van der Waals surface area (Å²) in [6, 6.07) is 0. The van der Waals surface area contributed by atoms with E-state index < -0.39 is 0 Å². The minimum absolute atomic E-state index is 0. The van der Waals surface area contributed by atoms with Gasteiger partial charge in [-0.2, -0.15) is 0 Å². The van der Waals surface area contributed by atoms with Crippen molar-refractivity contribution < 1.29 is 33.3 Å². The minimum Gasteiger partial charge on any atom is 0 e. The van der Waals surface area contributed by atoms with Crippen molar-refractivity contribution in [2.45, 2.75) is 0 Å². The third kappa shape index (κ3) is 20.4. The Morgan fingerprint density at radius 3 is 0.800 bits per heavy atom. The smallest absolute Gasteiger partial charge is 0 e. The van der Waals surface area contributed by atoms with Crippen molar-refractivity contribution in [1.29, 1.82) is 0 Å². The molecule has 0 fully saturated rings. The summed E-state index contributed by atoms with van der Waals surface area (Å²) in [6.45, 7) is 0. The van der Waals surface area contributed by atoms with Crippen molar-refractivity contribution in [3.05, 3.63) is 0 Å². The second-order valence-electron chi connectivity index (χ2n) is 0. The average molecular weight is 179 g/mol. The fourth-order valence-corrected chi connectivity index (χ4v) is 0. The Kier molecular flexibility index (Phi) is 289. The van der Waals surface area contributed by atoms with Crippen LogP contribution in [0.4, 0.5) is 0 Å². The Labute approximate surface area is 85.8 Å². The fourth-order valence-electron chi connectivity index (χ4n) is 0. The standard InChI is InChI=1S/2Al.Co.Li.Ni. The van der Waals surface area contributed by atoms with E-state index >= 15 is 0 Å². The summed E-state index contributed by atoms with van der Waals surface area (Å²) in [5.74, 6) is 0. The van der Waals surface area contributed by atoms with Gasteiger partial charge in [-0.05, 0) is 0 Å². The monoisotopic (exact) mass is 178 g/mol. The van der Waals surface area contributed by atoms with Gasteiger partial charge in [-0.15, -0.1) is 0 Å². The molecule has 0 atom stereocenters. The van der Waals surface area contributed by atoms with E-state index in [0.29, 0.717) is 0 Å². The second-order valence-corrected chi connectivity index (χ2v) is 0. The van der Waals surface area contributed by atoms with Crippen molar-refractivity contribution in [2.24, 2.45) is 0 Å². The van der Waals surface area contributed by atoms with Crippen LogP contribution >= 0.6 is 0 Å². The largest absolute Gasteiger partial charge is 0 e. The molecule has 26 valence electrons. The Morgan fingerprint density at radius 2 is 0.800 bits per heavy atom. The van der Waals surface area contributed by atoms with Crippen LogP contribution in [0.5, 0.6) is 0 Å². The topological polar surface area (TPSA) is 0 Å². The van der Waals surface area contributed by atoms with Crippen LogP contribution in [0.25, 0.3) is 0 Å². The van der Waals surface area contributed by atoms with Crippen LogP contribution < -0.4 is 0 Å². The predicted molar refractivity (Wildman–Crippen MR) is 17.3 cm³/mol. The molecule has 0 bridgehead atoms. The van der Waals surface area contributed by atoms with Crippen LogP contribution in [0.15, 0.2) is 0 Å². The molecule has 0 N–H and O–H groups in total. The average Bonchev–Trinajstić information content (AvgIpc) is 0. The molecule has 0 rings (SSSR count). The third-order valence-electron chi connectivity index (χ3n) is 0. The molecule has 0 unspecified atom stereocenters. The number of rotatable bonds is 0. The summed E-state index contributed by atoms with van der Waals surface area (Å²) >= 11 is 0. The molecule has 8 radical (unpaired) electrons. The molecular formula is Al2CoLiNi. The van der Waals surface area contributed by atoms with Crippen LogP contribution in [0.1, 0.15) is 0 Å². The third-order valence-corrected chi connectivity index (χ3v) is 0. The summed E-state index contributed by atoms with van der Waals surface area (Å²) in [7, 11) is 0. The molecule has 0 aliphatic carbocycles. The second kappa shape index (κ2) is 30.1. The molecule has 0 spiro atoms. The summed E-state index contributed by atoms with van der Waals surface area (Å²) in [5.41, 5.74) is 0. The predicted octanol–water partition coefficient (Wildman–Crippen LogP) is -1.15. The first-order chi connectivity index (χ1) is 0. The molecule has 0 amide bonds. The van der Waals surface area contributed by atoms with Crippen LogP contribution in [0.2, 0.25) is 0 Å². The van der Waals surface area contributed by atoms with Gasteiger partial charge in [0.1, 0.15) is 0 Å². The first-order valence-corrected chi connectivity index (χ1v) is 0. The van der Waals surface area contributed by atoms with E-state index in [9.17, 15) is 0 Å². The number of hydrogen-bond donors (Lipinski definition) is 0. The zero-order valence-corrected chi connectivity index (χ0v) is 7.14. The van der Waals surface area contributed by atoms with Gasteiger partial charge in [0.2, 0.25) is 0 Å². The normalized spacial score (nSPS) is 0. The Balaban J connectivity index is 0. The molecule has 0 aliphatic rings. The van der Waals surface area contributed by atoms with E-state index in [1.807, 2.05) is 0 Å². The summed E-state index contributed by atoms with van der Waals surface area (Å²) in [6.07, 6.45) is 0. The molecule has 0 aromatic carbocycles. The van der Waals surface area contributed by atoms with Crippen molar-refractivity contribution in [1.82, 2.24) is 0 Å². The van der Waals surface area contributed by atoms with Crippen molar-refractivity contribution >= 4 is 53.6 Å². The van der Waals surface area contributed by atoms with Gasteiger partial charge in [0.15, 0.2) is 0 Å². The molecule has 0 heterocycles. The molecule has 0 saturated carbocycles. The maximum atomic E-state index is 0. The van der Waals surface area contributed by atoms with Crippen molar-refractivity contribution in [2.75, 3.05) is 0 Å². The first kappa shape index (κ1) is 48.0. The van der Waals surface area contributed by atoms with Gasteiger partial charge < -0.3 is 0 Å². The van der Waals surface area contributed by atoms with Gasteiger partial charge in [-0.3, -0.25) is 0 Å².